The molecule has 2 aromatic carbocycles. The van der Waals surface area contributed by atoms with E-state index in [0.717, 1.165) is 0 Å². The molecule has 1 amide bonds. The normalized spacial score (nSPS) is 19.3. The standard InChI is InChI=1S/C21H24FN3O2S/c1-13-11-25(12-14(2)27-13)19-8-3-15(9-18(19)22)10-24-21(26)17-6-4-16(5-7-17)20(23)28/h3-9,13-14H,10-12H2,1-2H3,(H2,23,28)(H,24,26). The highest BCUT2D eigenvalue weighted by Gasteiger charge is 2.24. The number of halogens is 1. The first kappa shape index (κ1) is 20.2. The lowest BCUT2D eigenvalue weighted by Gasteiger charge is -2.37. The Bertz CT molecular complexity index is 862. The number of carbonyl (C=O) groups is 1. The smallest absolute Gasteiger partial charge is 0.251 e. The van der Waals surface area contributed by atoms with Gasteiger partial charge in [0.15, 0.2) is 0 Å². The van der Waals surface area contributed by atoms with Crippen LogP contribution < -0.4 is 16.0 Å². The number of nitrogens with two attached hydrogens (primary N) is 1. The van der Waals surface area contributed by atoms with Gasteiger partial charge in [-0.2, -0.15) is 0 Å². The van der Waals surface area contributed by atoms with Crippen molar-refractivity contribution in [2.24, 2.45) is 5.73 Å². The van der Waals surface area contributed by atoms with Gasteiger partial charge in [-0.15, -0.1) is 0 Å². The van der Waals surface area contributed by atoms with Crippen molar-refractivity contribution in [2.45, 2.75) is 32.6 Å². The van der Waals surface area contributed by atoms with E-state index in [0.29, 0.717) is 35.5 Å². The number of hydrogen-bond donors (Lipinski definition) is 2. The topological polar surface area (TPSA) is 67.6 Å². The number of carbonyl (C=O) groups excluding carboxylic acids is 1. The van der Waals surface area contributed by atoms with Gasteiger partial charge in [-0.1, -0.05) is 30.4 Å². The molecular formula is C21H24FN3O2S. The van der Waals surface area contributed by atoms with Crippen molar-refractivity contribution in [3.05, 3.63) is 65.0 Å². The second kappa shape index (κ2) is 8.67. The molecule has 148 valence electrons. The Morgan fingerprint density at radius 1 is 1.18 bits per heavy atom. The van der Waals surface area contributed by atoms with Crippen LogP contribution in [0.1, 0.15) is 35.3 Å². The number of hydrogen-bond acceptors (Lipinski definition) is 4. The van der Waals surface area contributed by atoms with Crippen LogP contribution in [0.25, 0.3) is 0 Å². The first-order valence-electron chi connectivity index (χ1n) is 9.20. The van der Waals surface area contributed by atoms with Crippen molar-refractivity contribution in [3.8, 4) is 0 Å². The second-order valence-corrected chi connectivity index (χ2v) is 7.51. The first-order valence-corrected chi connectivity index (χ1v) is 9.61. The Labute approximate surface area is 169 Å². The summed E-state index contributed by atoms with van der Waals surface area (Å²) >= 11 is 4.90. The van der Waals surface area contributed by atoms with Crippen LogP contribution in [0.4, 0.5) is 10.1 Å². The lowest BCUT2D eigenvalue weighted by atomic mass is 10.1. The van der Waals surface area contributed by atoms with E-state index in [1.165, 1.54) is 6.07 Å². The molecule has 0 bridgehead atoms. The van der Waals surface area contributed by atoms with Gasteiger partial charge in [-0.25, -0.2) is 4.39 Å². The number of nitrogens with one attached hydrogen (secondary N) is 1. The van der Waals surface area contributed by atoms with Crippen molar-refractivity contribution >= 4 is 28.8 Å². The van der Waals surface area contributed by atoms with Crippen LogP contribution >= 0.6 is 12.2 Å². The number of rotatable bonds is 5. The Balaban J connectivity index is 1.62. The zero-order chi connectivity index (χ0) is 20.3. The van der Waals surface area contributed by atoms with Crippen molar-refractivity contribution in [3.63, 3.8) is 0 Å². The fourth-order valence-electron chi connectivity index (χ4n) is 3.36. The third-order valence-electron chi connectivity index (χ3n) is 4.66. The monoisotopic (exact) mass is 401 g/mol. The predicted molar refractivity (Wildman–Crippen MR) is 112 cm³/mol. The van der Waals surface area contributed by atoms with Gasteiger partial charge in [-0.3, -0.25) is 4.79 Å². The molecule has 1 saturated heterocycles. The third-order valence-corrected chi connectivity index (χ3v) is 4.89. The van der Waals surface area contributed by atoms with Gasteiger partial charge >= 0.3 is 0 Å². The molecule has 0 spiro atoms. The molecular weight excluding hydrogens is 377 g/mol. The molecule has 2 aromatic rings. The van der Waals surface area contributed by atoms with E-state index in [9.17, 15) is 9.18 Å². The van der Waals surface area contributed by atoms with Crippen LogP contribution in [-0.4, -0.2) is 36.2 Å². The van der Waals surface area contributed by atoms with Gasteiger partial charge in [0.25, 0.3) is 5.91 Å². The molecule has 2 atom stereocenters. The minimum absolute atomic E-state index is 0.0575. The summed E-state index contributed by atoms with van der Waals surface area (Å²) in [7, 11) is 0. The minimum atomic E-state index is -0.297. The molecule has 3 rings (SSSR count). The SMILES string of the molecule is CC1CN(c2ccc(CNC(=O)c3ccc(C(N)=S)cc3)cc2F)CC(C)O1. The molecule has 0 aromatic heterocycles. The molecule has 0 aliphatic carbocycles. The maximum Gasteiger partial charge on any atom is 0.251 e. The lowest BCUT2D eigenvalue weighted by molar-refractivity contribution is -0.00539. The van der Waals surface area contributed by atoms with Crippen molar-refractivity contribution in [2.75, 3.05) is 18.0 Å². The Morgan fingerprint density at radius 3 is 2.36 bits per heavy atom. The number of ether oxygens (including phenoxy) is 1. The fourth-order valence-corrected chi connectivity index (χ4v) is 3.50. The van der Waals surface area contributed by atoms with Gasteiger partial charge in [0, 0.05) is 30.8 Å². The summed E-state index contributed by atoms with van der Waals surface area (Å²) in [5, 5.41) is 2.80. The van der Waals surface area contributed by atoms with Gasteiger partial charge in [-0.05, 0) is 43.7 Å². The summed E-state index contributed by atoms with van der Waals surface area (Å²) in [6.45, 7) is 5.51. The number of morpholine rings is 1. The lowest BCUT2D eigenvalue weighted by Crippen LogP contribution is -2.45. The molecule has 5 nitrogen and oxygen atoms in total. The van der Waals surface area contributed by atoms with E-state index in [1.807, 2.05) is 24.8 Å². The summed E-state index contributed by atoms with van der Waals surface area (Å²) in [5.41, 5.74) is 8.01. The van der Waals surface area contributed by atoms with Gasteiger partial charge in [0.05, 0.1) is 17.9 Å². The third kappa shape index (κ3) is 4.85. The highest BCUT2D eigenvalue weighted by Crippen LogP contribution is 2.24. The van der Waals surface area contributed by atoms with Crippen LogP contribution in [0.15, 0.2) is 42.5 Å². The fraction of sp³-hybridized carbons (Fsp3) is 0.333. The van der Waals surface area contributed by atoms with Crippen molar-refractivity contribution in [1.82, 2.24) is 5.32 Å². The molecule has 7 heteroatoms. The number of benzene rings is 2. The average molecular weight is 402 g/mol. The number of thiocarbonyl (C=S) groups is 1. The van der Waals surface area contributed by atoms with Gasteiger partial charge in [0.2, 0.25) is 0 Å². The second-order valence-electron chi connectivity index (χ2n) is 7.07. The van der Waals surface area contributed by atoms with Crippen molar-refractivity contribution < 1.29 is 13.9 Å². The Hall–Kier alpha value is -2.51. The number of amides is 1. The summed E-state index contributed by atoms with van der Waals surface area (Å²) in [4.78, 5) is 14.6. The van der Waals surface area contributed by atoms with Gasteiger partial charge in [0.1, 0.15) is 10.8 Å². The maximum atomic E-state index is 14.6. The van der Waals surface area contributed by atoms with E-state index >= 15 is 0 Å². The van der Waals surface area contributed by atoms with E-state index in [4.69, 9.17) is 22.7 Å². The summed E-state index contributed by atoms with van der Waals surface area (Å²) in [5.74, 6) is -0.538. The zero-order valence-corrected chi connectivity index (χ0v) is 16.8. The van der Waals surface area contributed by atoms with E-state index in [2.05, 4.69) is 5.32 Å². The molecule has 1 heterocycles. The van der Waals surface area contributed by atoms with Crippen LogP contribution in [0, 0.1) is 5.82 Å². The molecule has 1 fully saturated rings. The van der Waals surface area contributed by atoms with E-state index in [-0.39, 0.29) is 35.5 Å². The average Bonchev–Trinajstić information content (AvgIpc) is 2.65. The van der Waals surface area contributed by atoms with Crippen LogP contribution in [0.2, 0.25) is 0 Å². The molecule has 2 unspecified atom stereocenters. The molecule has 1 aliphatic rings. The zero-order valence-electron chi connectivity index (χ0n) is 15.9. The molecule has 0 radical (unpaired) electrons. The summed E-state index contributed by atoms with van der Waals surface area (Å²) in [6.07, 6.45) is 0.115. The highest BCUT2D eigenvalue weighted by molar-refractivity contribution is 7.80. The molecule has 3 N–H and O–H groups in total. The van der Waals surface area contributed by atoms with Gasteiger partial charge < -0.3 is 20.7 Å². The number of nitrogens with zero attached hydrogens (tertiary/aromatic N) is 1. The first-order chi connectivity index (χ1) is 13.3. The van der Waals surface area contributed by atoms with Crippen LogP contribution in [-0.2, 0) is 11.3 Å². The summed E-state index contributed by atoms with van der Waals surface area (Å²) < 4.78 is 20.3. The maximum absolute atomic E-state index is 14.6. The van der Waals surface area contributed by atoms with Crippen LogP contribution in [0.3, 0.4) is 0 Å². The van der Waals surface area contributed by atoms with Crippen LogP contribution in [0.5, 0.6) is 0 Å². The largest absolute Gasteiger partial charge is 0.389 e. The molecule has 1 aliphatic heterocycles. The number of anilines is 1. The Kier molecular flexibility index (Phi) is 6.26. The molecule has 28 heavy (non-hydrogen) atoms. The van der Waals surface area contributed by atoms with Crippen molar-refractivity contribution in [1.29, 1.82) is 0 Å². The highest BCUT2D eigenvalue weighted by atomic mass is 32.1. The quantitative estimate of drug-likeness (QED) is 0.754. The molecule has 0 saturated carbocycles. The summed E-state index contributed by atoms with van der Waals surface area (Å²) in [6, 6.07) is 11.8. The van der Waals surface area contributed by atoms with E-state index in [1.54, 1.807) is 30.3 Å². The van der Waals surface area contributed by atoms with E-state index < -0.39 is 0 Å². The Morgan fingerprint density at radius 2 is 1.79 bits per heavy atom. The minimum Gasteiger partial charge on any atom is -0.389 e. The predicted octanol–water partition coefficient (Wildman–Crippen LogP) is 3.00.